The van der Waals surface area contributed by atoms with Crippen molar-refractivity contribution in [2.45, 2.75) is 26.1 Å². The molecule has 0 saturated heterocycles. The van der Waals surface area contributed by atoms with Gasteiger partial charge >= 0.3 is 17.9 Å². The number of ether oxygens (including phenoxy) is 3. The second kappa shape index (κ2) is 8.46. The molecule has 1 aromatic carbocycles. The zero-order valence-corrected chi connectivity index (χ0v) is 15.9. The molecule has 3 aromatic rings. The van der Waals surface area contributed by atoms with E-state index in [1.54, 1.807) is 12.1 Å². The van der Waals surface area contributed by atoms with Crippen molar-refractivity contribution in [1.82, 2.24) is 19.8 Å². The SMILES string of the molecule is COC(=O)[C@@H](OC(C)=O)[C@@H](OC(C)=O)c1nnc2ccc(-c3ccccc3)nn12. The monoisotopic (exact) mass is 398 g/mol. The van der Waals surface area contributed by atoms with Crippen LogP contribution in [0.25, 0.3) is 16.9 Å². The Kier molecular flexibility index (Phi) is 5.82. The third-order valence-electron chi connectivity index (χ3n) is 3.91. The lowest BCUT2D eigenvalue weighted by Gasteiger charge is -2.22. The van der Waals surface area contributed by atoms with Gasteiger partial charge in [-0.15, -0.1) is 10.2 Å². The molecule has 0 fully saturated rings. The highest BCUT2D eigenvalue weighted by Gasteiger charge is 2.39. The predicted octanol–water partition coefficient (Wildman–Crippen LogP) is 1.50. The number of esters is 3. The molecular formula is C19H18N4O6. The molecule has 0 aliphatic rings. The van der Waals surface area contributed by atoms with E-state index < -0.39 is 30.1 Å². The van der Waals surface area contributed by atoms with Crippen LogP contribution < -0.4 is 0 Å². The molecule has 10 heteroatoms. The van der Waals surface area contributed by atoms with Crippen LogP contribution >= 0.6 is 0 Å². The summed E-state index contributed by atoms with van der Waals surface area (Å²) in [5.74, 6) is -2.39. The van der Waals surface area contributed by atoms with E-state index in [1.807, 2.05) is 30.3 Å². The molecule has 2 atom stereocenters. The molecule has 2 heterocycles. The predicted molar refractivity (Wildman–Crippen MR) is 98.3 cm³/mol. The highest BCUT2D eigenvalue weighted by Crippen LogP contribution is 2.25. The fraction of sp³-hybridized carbons (Fsp3) is 0.263. The summed E-state index contributed by atoms with van der Waals surface area (Å²) in [6, 6.07) is 12.8. The Morgan fingerprint density at radius 3 is 2.24 bits per heavy atom. The Balaban J connectivity index is 2.12. The number of hydrogen-bond acceptors (Lipinski definition) is 9. The average Bonchev–Trinajstić information content (AvgIpc) is 3.13. The maximum atomic E-state index is 12.2. The molecule has 10 nitrogen and oxygen atoms in total. The molecule has 29 heavy (non-hydrogen) atoms. The zero-order chi connectivity index (χ0) is 21.0. The van der Waals surface area contributed by atoms with Crippen molar-refractivity contribution in [3.8, 4) is 11.3 Å². The van der Waals surface area contributed by atoms with Gasteiger partial charge in [0.2, 0.25) is 12.2 Å². The first kappa shape index (κ1) is 19.9. The number of methoxy groups -OCH3 is 1. The molecule has 3 rings (SSSR count). The van der Waals surface area contributed by atoms with Crippen LogP contribution in [0.5, 0.6) is 0 Å². The van der Waals surface area contributed by atoms with Crippen molar-refractivity contribution >= 4 is 23.6 Å². The Morgan fingerprint density at radius 1 is 0.931 bits per heavy atom. The molecule has 0 N–H and O–H groups in total. The molecule has 0 aliphatic carbocycles. The van der Waals surface area contributed by atoms with E-state index in [2.05, 4.69) is 15.3 Å². The van der Waals surface area contributed by atoms with Crippen LogP contribution in [0.2, 0.25) is 0 Å². The largest absolute Gasteiger partial charge is 0.466 e. The normalized spacial score (nSPS) is 12.8. The van der Waals surface area contributed by atoms with E-state index in [4.69, 9.17) is 14.2 Å². The minimum absolute atomic E-state index is 0.00429. The number of carbonyl (C=O) groups is 3. The Bertz CT molecular complexity index is 1050. The fourth-order valence-electron chi connectivity index (χ4n) is 2.70. The van der Waals surface area contributed by atoms with Gasteiger partial charge in [0.25, 0.3) is 0 Å². The lowest BCUT2D eigenvalue weighted by molar-refractivity contribution is -0.180. The maximum Gasteiger partial charge on any atom is 0.351 e. The molecule has 0 bridgehead atoms. The second-order valence-corrected chi connectivity index (χ2v) is 6.00. The van der Waals surface area contributed by atoms with E-state index >= 15 is 0 Å². The lowest BCUT2D eigenvalue weighted by Crippen LogP contribution is -2.37. The van der Waals surface area contributed by atoms with E-state index in [0.717, 1.165) is 26.5 Å². The molecular weight excluding hydrogens is 380 g/mol. The van der Waals surface area contributed by atoms with Crippen molar-refractivity contribution in [2.24, 2.45) is 0 Å². The molecule has 0 radical (unpaired) electrons. The third-order valence-corrected chi connectivity index (χ3v) is 3.91. The van der Waals surface area contributed by atoms with E-state index in [1.165, 1.54) is 4.52 Å². The average molecular weight is 398 g/mol. The van der Waals surface area contributed by atoms with Crippen LogP contribution in [0.1, 0.15) is 25.8 Å². The Labute approximate surface area is 165 Å². The number of hydrogen-bond donors (Lipinski definition) is 0. The van der Waals surface area contributed by atoms with Gasteiger partial charge in [0, 0.05) is 19.4 Å². The summed E-state index contributed by atoms with van der Waals surface area (Å²) in [6.07, 6.45) is -2.98. The van der Waals surface area contributed by atoms with Crippen molar-refractivity contribution in [3.63, 3.8) is 0 Å². The van der Waals surface area contributed by atoms with Gasteiger partial charge in [-0.1, -0.05) is 30.3 Å². The molecule has 150 valence electrons. The van der Waals surface area contributed by atoms with E-state index in [9.17, 15) is 14.4 Å². The number of aromatic nitrogens is 4. The summed E-state index contributed by atoms with van der Waals surface area (Å²) < 4.78 is 16.3. The van der Waals surface area contributed by atoms with Crippen molar-refractivity contribution < 1.29 is 28.6 Å². The van der Waals surface area contributed by atoms with Gasteiger partial charge in [-0.3, -0.25) is 9.59 Å². The molecule has 0 unspecified atom stereocenters. The van der Waals surface area contributed by atoms with Crippen LogP contribution in [0.15, 0.2) is 42.5 Å². The zero-order valence-electron chi connectivity index (χ0n) is 15.9. The summed E-state index contributed by atoms with van der Waals surface area (Å²) in [4.78, 5) is 35.4. The third kappa shape index (κ3) is 4.37. The summed E-state index contributed by atoms with van der Waals surface area (Å²) in [6.45, 7) is 2.27. The number of benzene rings is 1. The number of fused-ring (bicyclic) bond motifs is 1. The van der Waals surface area contributed by atoms with Crippen molar-refractivity contribution in [3.05, 3.63) is 48.3 Å². The maximum absolute atomic E-state index is 12.2. The topological polar surface area (TPSA) is 122 Å². The van der Waals surface area contributed by atoms with Gasteiger partial charge in [0.1, 0.15) is 0 Å². The lowest BCUT2D eigenvalue weighted by atomic mass is 10.1. The van der Waals surface area contributed by atoms with E-state index in [-0.39, 0.29) is 5.82 Å². The van der Waals surface area contributed by atoms with Crippen LogP contribution in [-0.2, 0) is 28.6 Å². The Hall–Kier alpha value is -3.82. The quantitative estimate of drug-likeness (QED) is 0.449. The van der Waals surface area contributed by atoms with Gasteiger partial charge < -0.3 is 14.2 Å². The molecule has 0 amide bonds. The highest BCUT2D eigenvalue weighted by molar-refractivity contribution is 5.80. The van der Waals surface area contributed by atoms with E-state index in [0.29, 0.717) is 11.3 Å². The first-order valence-electron chi connectivity index (χ1n) is 8.60. The molecule has 2 aromatic heterocycles. The van der Waals surface area contributed by atoms with Gasteiger partial charge in [0.05, 0.1) is 12.8 Å². The summed E-state index contributed by atoms with van der Waals surface area (Å²) in [5, 5.41) is 12.5. The first-order chi connectivity index (χ1) is 13.9. The van der Waals surface area contributed by atoms with Gasteiger partial charge in [0.15, 0.2) is 11.5 Å². The summed E-state index contributed by atoms with van der Waals surface area (Å²) in [7, 11) is 1.12. The standard InChI is InChI=1S/C19H18N4O6/c1-11(24)28-16(17(19(26)27-3)29-12(2)25)18-21-20-15-10-9-14(22-23(15)18)13-7-5-4-6-8-13/h4-10,16-17H,1-3H3/t16-,17+/m1/s1. The van der Waals surface area contributed by atoms with Gasteiger partial charge in [-0.2, -0.15) is 9.61 Å². The van der Waals surface area contributed by atoms with Gasteiger partial charge in [-0.25, -0.2) is 4.79 Å². The Morgan fingerprint density at radius 2 is 1.62 bits per heavy atom. The van der Waals surface area contributed by atoms with Crippen molar-refractivity contribution in [1.29, 1.82) is 0 Å². The van der Waals surface area contributed by atoms with Crippen LogP contribution in [0.3, 0.4) is 0 Å². The summed E-state index contributed by atoms with van der Waals surface area (Å²) in [5.41, 5.74) is 1.79. The first-order valence-corrected chi connectivity index (χ1v) is 8.60. The van der Waals surface area contributed by atoms with Gasteiger partial charge in [-0.05, 0) is 12.1 Å². The number of rotatable bonds is 6. The molecule has 0 aliphatic heterocycles. The highest BCUT2D eigenvalue weighted by atomic mass is 16.6. The molecule has 0 saturated carbocycles. The fourth-order valence-corrected chi connectivity index (χ4v) is 2.70. The minimum atomic E-state index is -1.57. The van der Waals surface area contributed by atoms with Crippen molar-refractivity contribution in [2.75, 3.05) is 7.11 Å². The van der Waals surface area contributed by atoms with Crippen LogP contribution in [-0.4, -0.2) is 50.9 Å². The number of carbonyl (C=O) groups excluding carboxylic acids is 3. The smallest absolute Gasteiger partial charge is 0.351 e. The van der Waals surface area contributed by atoms with Crippen LogP contribution in [0, 0.1) is 0 Å². The van der Waals surface area contributed by atoms with Crippen LogP contribution in [0.4, 0.5) is 0 Å². The number of nitrogens with zero attached hydrogens (tertiary/aromatic N) is 4. The molecule has 0 spiro atoms. The summed E-state index contributed by atoms with van der Waals surface area (Å²) >= 11 is 0. The minimum Gasteiger partial charge on any atom is -0.466 e. The second-order valence-electron chi connectivity index (χ2n) is 6.00.